The highest BCUT2D eigenvalue weighted by Gasteiger charge is 2.28. The molecule has 692 valence electrons. The fraction of sp³-hybridized carbons (Fsp3) is 0. The van der Waals surface area contributed by atoms with Crippen LogP contribution in [0.1, 0.15) is 0 Å². The van der Waals surface area contributed by atoms with E-state index in [9.17, 15) is 9.59 Å². The van der Waals surface area contributed by atoms with E-state index in [-0.39, 0.29) is 10.9 Å². The maximum Gasteiger partial charge on any atom is 0.197 e. The van der Waals surface area contributed by atoms with Crippen molar-refractivity contribution in [3.63, 3.8) is 0 Å². The quantitative estimate of drug-likeness (QED) is 0.0499. The van der Waals surface area contributed by atoms with Gasteiger partial charge in [-0.15, -0.1) is 0 Å². The standard InChI is InChI=1S/C40H28N2.2C38H28N2.C20H12N2O2/c1-5-13-31(14-6-1)41(32-15-7-2-8-16-32)37-27-23-29-22-26-36-38(28-24-30-21-25-35(37)39(29)40(30)36)42(33-17-9-3-10-18-33)34-19-11-4-12-20-34;1-5-17-29(18-6-1)39(30-19-7-2-8-20-30)37-33-25-13-15-27-35(33)38(36-28-16-14-26-34(36)37)40(31-21-9-3-10-22-31)32-23-11-4-12-24-32;1-5-13-33(14-6-1)39(34-15-7-2-8-16-34)37-23-21-29-26-32-28-38(24-22-30(32)25-31(29)27-37)40(35-17-9-3-10-18-35)36-19-11-4-12-20-36;23-19-11-5-1-3-7-15(11)21-17-10-14-18(9-13(17)19)22-16-8-4-2-6-12(16)20(14)24/h1-28H;2*1-28H;1-10H,(H,21,23)(H,22,24). The number of hydrogen-bond acceptors (Lipinski definition) is 8. The first-order chi connectivity index (χ1) is 72.3. The molecule has 0 saturated heterocycles. The molecule has 0 unspecified atom stereocenters. The smallest absolute Gasteiger partial charge is 0.197 e. The Morgan fingerprint density at radius 3 is 0.603 bits per heavy atom. The number of hydrogen-bond donors (Lipinski definition) is 2. The van der Waals surface area contributed by atoms with Gasteiger partial charge < -0.3 is 39.4 Å². The number of aromatic nitrogens is 2. The first kappa shape index (κ1) is 89.0. The Hall–Kier alpha value is -19.7. The van der Waals surface area contributed by atoms with Crippen molar-refractivity contribution in [2.45, 2.75) is 0 Å². The van der Waals surface area contributed by atoms with Gasteiger partial charge in [-0.2, -0.15) is 0 Å². The Kier molecular flexibility index (Phi) is 24.3. The maximum atomic E-state index is 12.8. The minimum absolute atomic E-state index is 0.0322. The van der Waals surface area contributed by atoms with Gasteiger partial charge in [-0.05, 0) is 274 Å². The van der Waals surface area contributed by atoms with E-state index in [1.54, 1.807) is 24.3 Å². The van der Waals surface area contributed by atoms with Gasteiger partial charge >= 0.3 is 0 Å². The Balaban J connectivity index is 0.000000106. The summed E-state index contributed by atoms with van der Waals surface area (Å²) in [6.45, 7) is 0. The molecular weight excluding hydrogens is 1780 g/mol. The number of nitrogens with zero attached hydrogens (tertiary/aromatic N) is 6. The maximum absolute atomic E-state index is 12.8. The zero-order valence-electron chi connectivity index (χ0n) is 79.8. The molecule has 0 aliphatic heterocycles. The lowest BCUT2D eigenvalue weighted by atomic mass is 9.91. The van der Waals surface area contributed by atoms with Crippen molar-refractivity contribution in [3.05, 3.63) is 591 Å². The van der Waals surface area contributed by atoms with E-state index < -0.39 is 0 Å². The molecule has 0 amide bonds. The van der Waals surface area contributed by atoms with E-state index in [1.165, 1.54) is 98.2 Å². The van der Waals surface area contributed by atoms with Crippen molar-refractivity contribution >= 4 is 221 Å². The third kappa shape index (κ3) is 17.3. The van der Waals surface area contributed by atoms with E-state index >= 15 is 0 Å². The fourth-order valence-electron chi connectivity index (χ4n) is 20.8. The van der Waals surface area contributed by atoms with Crippen LogP contribution in [0, 0.1) is 0 Å². The highest BCUT2D eigenvalue weighted by atomic mass is 16.1. The van der Waals surface area contributed by atoms with Crippen LogP contribution in [0.15, 0.2) is 580 Å². The number of anilines is 18. The van der Waals surface area contributed by atoms with E-state index in [4.69, 9.17) is 0 Å². The van der Waals surface area contributed by atoms with Crippen LogP contribution in [-0.2, 0) is 0 Å². The molecule has 10 heteroatoms. The lowest BCUT2D eigenvalue weighted by Crippen LogP contribution is -2.14. The number of benzene rings is 25. The van der Waals surface area contributed by atoms with Gasteiger partial charge in [0.25, 0.3) is 0 Å². The zero-order valence-corrected chi connectivity index (χ0v) is 79.8. The number of H-pyrrole nitrogens is 2. The van der Waals surface area contributed by atoms with Crippen molar-refractivity contribution in [1.29, 1.82) is 0 Å². The number of para-hydroxylation sites is 14. The SMILES string of the molecule is O=c1c2ccccc2[nH]c2cc3c(=O)c4ccccc4[nH]c3cc12.c1ccc(N(c2ccccc2)c2c3ccccc3c(N(c3ccccc3)c3ccccc3)c3ccccc23)cc1.c1ccc(N(c2ccccc2)c2ccc3cc4cc(N(c5ccccc5)c5ccccc5)ccc4cc3c2)cc1.c1ccc(N(c2ccccc2)c2ccc3ccc4c(N(c5ccccc5)c5ccccc5)ccc5ccc2c3c54)cc1. The molecule has 146 heavy (non-hydrogen) atoms. The Bertz CT molecular complexity index is 8640. The van der Waals surface area contributed by atoms with Crippen LogP contribution in [0.4, 0.5) is 102 Å². The molecule has 27 aromatic rings. The third-order valence-electron chi connectivity index (χ3n) is 27.4. The van der Waals surface area contributed by atoms with Crippen LogP contribution in [-0.4, -0.2) is 9.97 Å². The topological polar surface area (TPSA) is 85.2 Å². The minimum Gasteiger partial charge on any atom is -0.354 e. The minimum atomic E-state index is -0.0322. The van der Waals surface area contributed by atoms with E-state index in [1.807, 2.05) is 36.4 Å². The first-order valence-corrected chi connectivity index (χ1v) is 49.3. The van der Waals surface area contributed by atoms with Crippen molar-refractivity contribution in [3.8, 4) is 0 Å². The molecular formula is C136H96N8O2. The summed E-state index contributed by atoms with van der Waals surface area (Å²) in [4.78, 5) is 46.2. The molecule has 2 heterocycles. The van der Waals surface area contributed by atoms with Crippen LogP contribution in [0.3, 0.4) is 0 Å². The molecule has 0 radical (unpaired) electrons. The Morgan fingerprint density at radius 2 is 0.342 bits per heavy atom. The van der Waals surface area contributed by atoms with Gasteiger partial charge in [0.2, 0.25) is 0 Å². The van der Waals surface area contributed by atoms with Gasteiger partial charge in [0.05, 0.1) is 33.8 Å². The molecule has 25 aromatic carbocycles. The summed E-state index contributed by atoms with van der Waals surface area (Å²) in [6.07, 6.45) is 0. The average Bonchev–Trinajstić information content (AvgIpc) is 0.719. The van der Waals surface area contributed by atoms with Gasteiger partial charge in [-0.1, -0.05) is 340 Å². The van der Waals surface area contributed by atoms with Crippen molar-refractivity contribution in [2.75, 3.05) is 29.4 Å². The molecule has 0 aliphatic carbocycles. The molecule has 2 aromatic heterocycles. The molecule has 0 saturated carbocycles. The second kappa shape index (κ2) is 39.9. The van der Waals surface area contributed by atoms with Crippen molar-refractivity contribution < 1.29 is 0 Å². The summed E-state index contributed by atoms with van der Waals surface area (Å²) in [5.74, 6) is 0. The normalized spacial score (nSPS) is 11.2. The predicted molar refractivity (Wildman–Crippen MR) is 619 cm³/mol. The molecule has 0 aliphatic rings. The summed E-state index contributed by atoms with van der Waals surface area (Å²) < 4.78 is 0. The van der Waals surface area contributed by atoms with E-state index in [0.717, 1.165) is 90.7 Å². The molecule has 0 fully saturated rings. The van der Waals surface area contributed by atoms with Gasteiger partial charge in [-0.3, -0.25) is 9.59 Å². The monoisotopic (exact) mass is 1870 g/mol. The number of pyridine rings is 2. The van der Waals surface area contributed by atoms with Gasteiger partial charge in [0.15, 0.2) is 10.9 Å². The average molecular weight is 1870 g/mol. The van der Waals surface area contributed by atoms with Crippen LogP contribution < -0.4 is 40.3 Å². The van der Waals surface area contributed by atoms with Crippen LogP contribution in [0.2, 0.25) is 0 Å². The van der Waals surface area contributed by atoms with Crippen LogP contribution in [0.25, 0.3) is 119 Å². The summed E-state index contributed by atoms with van der Waals surface area (Å²) in [6, 6.07) is 200. The van der Waals surface area contributed by atoms with Crippen LogP contribution in [0.5, 0.6) is 0 Å². The molecule has 2 N–H and O–H groups in total. The summed E-state index contributed by atoms with van der Waals surface area (Å²) in [7, 11) is 0. The molecule has 27 rings (SSSR count). The predicted octanol–water partition coefficient (Wildman–Crippen LogP) is 37.1. The first-order valence-electron chi connectivity index (χ1n) is 49.3. The van der Waals surface area contributed by atoms with Gasteiger partial charge in [-0.25, -0.2) is 0 Å². The Morgan fingerprint density at radius 1 is 0.130 bits per heavy atom. The number of aromatic amines is 2. The Labute approximate surface area is 845 Å². The third-order valence-corrected chi connectivity index (χ3v) is 27.4. The summed E-state index contributed by atoms with van der Waals surface area (Å²) >= 11 is 0. The number of nitrogens with one attached hydrogen (secondary N) is 2. The number of rotatable bonds is 18. The van der Waals surface area contributed by atoms with Crippen molar-refractivity contribution in [2.24, 2.45) is 0 Å². The summed E-state index contributed by atoms with van der Waals surface area (Å²) in [5.41, 5.74) is 23.4. The summed E-state index contributed by atoms with van der Waals surface area (Å²) in [5, 5.41) is 19.7. The highest BCUT2D eigenvalue weighted by Crippen LogP contribution is 2.53. The van der Waals surface area contributed by atoms with Crippen molar-refractivity contribution in [1.82, 2.24) is 9.97 Å². The van der Waals surface area contributed by atoms with Gasteiger partial charge in [0, 0.05) is 145 Å². The lowest BCUT2D eigenvalue weighted by Gasteiger charge is -2.32. The molecule has 10 nitrogen and oxygen atoms in total. The van der Waals surface area contributed by atoms with Crippen LogP contribution >= 0.6 is 0 Å². The fourth-order valence-corrected chi connectivity index (χ4v) is 20.8. The lowest BCUT2D eigenvalue weighted by molar-refractivity contribution is 1.29. The van der Waals surface area contributed by atoms with E-state index in [0.29, 0.717) is 32.6 Å². The zero-order chi connectivity index (χ0) is 97.6. The molecule has 0 atom stereocenters. The number of fused-ring (bicyclic) bond motifs is 8. The van der Waals surface area contributed by atoms with E-state index in [2.05, 4.69) is 549 Å². The largest absolute Gasteiger partial charge is 0.354 e. The second-order valence-corrected chi connectivity index (χ2v) is 36.3. The highest BCUT2D eigenvalue weighted by molar-refractivity contribution is 6.29. The molecule has 0 spiro atoms. The second-order valence-electron chi connectivity index (χ2n) is 36.3. The molecule has 0 bridgehead atoms. The van der Waals surface area contributed by atoms with Gasteiger partial charge in [0.1, 0.15) is 0 Å².